The number of piperidine rings is 1. The molecule has 1 N–H and O–H groups in total. The number of halogens is 3. The molecule has 0 bridgehead atoms. The normalized spacial score (nSPS) is 26.2. The molecule has 2 saturated heterocycles. The van der Waals surface area contributed by atoms with E-state index in [2.05, 4.69) is 4.72 Å². The summed E-state index contributed by atoms with van der Waals surface area (Å²) in [5.74, 6) is -2.28. The molecule has 0 aromatic heterocycles. The van der Waals surface area contributed by atoms with Gasteiger partial charge < -0.3 is 9.80 Å². The van der Waals surface area contributed by atoms with Crippen LogP contribution in [0.15, 0.2) is 36.4 Å². The Morgan fingerprint density at radius 1 is 1.12 bits per heavy atom. The summed E-state index contributed by atoms with van der Waals surface area (Å²) < 4.78 is 69.6. The summed E-state index contributed by atoms with van der Waals surface area (Å²) in [7, 11) is -3.55. The Hall–Kier alpha value is -2.59. The van der Waals surface area contributed by atoms with Gasteiger partial charge in [-0.15, -0.1) is 0 Å². The Morgan fingerprint density at radius 3 is 2.42 bits per heavy atom. The molecule has 0 spiro atoms. The minimum Gasteiger partial charge on any atom is -0.325 e. The first-order chi connectivity index (χ1) is 15.6. The van der Waals surface area contributed by atoms with E-state index < -0.39 is 39.6 Å². The first-order valence-corrected chi connectivity index (χ1v) is 12.8. The van der Waals surface area contributed by atoms with E-state index in [9.17, 15) is 22.0 Å². The molecule has 5 rings (SSSR count). The van der Waals surface area contributed by atoms with Gasteiger partial charge in [0.15, 0.2) is 0 Å². The molecule has 0 radical (unpaired) electrons. The molecule has 3 aliphatic rings. The van der Waals surface area contributed by atoms with Crippen LogP contribution < -0.4 is 4.72 Å². The van der Waals surface area contributed by atoms with Crippen molar-refractivity contribution in [2.45, 2.75) is 37.4 Å². The van der Waals surface area contributed by atoms with Crippen LogP contribution in [0.2, 0.25) is 0 Å². The number of rotatable bonds is 5. The second-order valence-corrected chi connectivity index (χ2v) is 10.9. The second kappa shape index (κ2) is 8.02. The van der Waals surface area contributed by atoms with Gasteiger partial charge in [-0.05, 0) is 48.4 Å². The quantitative estimate of drug-likeness (QED) is 0.717. The number of nitrogens with zero attached hydrogens (tertiary/aromatic N) is 2. The molecular formula is C23H24F3N3O3S. The molecule has 6 nitrogen and oxygen atoms in total. The maximum absolute atomic E-state index is 15.5. The molecule has 33 heavy (non-hydrogen) atoms. The SMILES string of the molecule is CS(=O)(=O)N[C@H]1[C@@H]2C[C@@H]2N(C(=O)N2CCC2)[C@H]1Cc1cccc(-c2cc(F)cc(F)c2)c1F. The molecule has 0 unspecified atom stereocenters. The summed E-state index contributed by atoms with van der Waals surface area (Å²) in [6.45, 7) is 1.30. The third-order valence-corrected chi connectivity index (χ3v) is 7.47. The van der Waals surface area contributed by atoms with Crippen LogP contribution in [-0.2, 0) is 16.4 Å². The van der Waals surface area contributed by atoms with Crippen LogP contribution in [0.5, 0.6) is 0 Å². The number of urea groups is 1. The summed E-state index contributed by atoms with van der Waals surface area (Å²) in [6.07, 6.45) is 2.77. The highest BCUT2D eigenvalue weighted by Crippen LogP contribution is 2.49. The van der Waals surface area contributed by atoms with Gasteiger partial charge in [0, 0.05) is 36.8 Å². The monoisotopic (exact) mass is 479 g/mol. The number of likely N-dealkylation sites (tertiary alicyclic amines) is 2. The highest BCUT2D eigenvalue weighted by Gasteiger charge is 2.61. The van der Waals surface area contributed by atoms with E-state index in [0.717, 1.165) is 30.9 Å². The number of carbonyl (C=O) groups is 1. The zero-order valence-corrected chi connectivity index (χ0v) is 18.8. The average Bonchev–Trinajstić information content (AvgIpc) is 3.39. The van der Waals surface area contributed by atoms with E-state index in [1.807, 2.05) is 0 Å². The van der Waals surface area contributed by atoms with Gasteiger partial charge in [0.05, 0.1) is 12.3 Å². The largest absolute Gasteiger partial charge is 0.325 e. The second-order valence-electron chi connectivity index (χ2n) is 9.12. The van der Waals surface area contributed by atoms with Crippen molar-refractivity contribution in [2.24, 2.45) is 5.92 Å². The van der Waals surface area contributed by atoms with Crippen molar-refractivity contribution >= 4 is 16.1 Å². The van der Waals surface area contributed by atoms with Crippen molar-refractivity contribution in [2.75, 3.05) is 19.3 Å². The van der Waals surface area contributed by atoms with Crippen molar-refractivity contribution in [1.82, 2.24) is 14.5 Å². The molecule has 176 valence electrons. The molecule has 4 atom stereocenters. The Labute approximate surface area is 190 Å². The van der Waals surface area contributed by atoms with Gasteiger partial charge in [-0.25, -0.2) is 31.1 Å². The van der Waals surface area contributed by atoms with E-state index in [4.69, 9.17) is 0 Å². The van der Waals surface area contributed by atoms with Crippen molar-refractivity contribution in [3.8, 4) is 11.1 Å². The fourth-order valence-electron chi connectivity index (χ4n) is 5.10. The molecule has 2 heterocycles. The minimum absolute atomic E-state index is 0.0153. The summed E-state index contributed by atoms with van der Waals surface area (Å²) >= 11 is 0. The maximum atomic E-state index is 15.5. The molecule has 2 aliphatic heterocycles. The molecular weight excluding hydrogens is 455 g/mol. The minimum atomic E-state index is -3.55. The first-order valence-electron chi connectivity index (χ1n) is 10.9. The van der Waals surface area contributed by atoms with Crippen LogP contribution in [0, 0.1) is 23.4 Å². The lowest BCUT2D eigenvalue weighted by Crippen LogP contribution is -2.56. The highest BCUT2D eigenvalue weighted by atomic mass is 32.2. The lowest BCUT2D eigenvalue weighted by atomic mass is 9.94. The zero-order chi connectivity index (χ0) is 23.5. The molecule has 1 saturated carbocycles. The smallest absolute Gasteiger partial charge is 0.320 e. The standard InChI is InChI=1S/C23H24F3N3O3S/c1-33(31,32)27-22-18-12-19(18)29(23(30)28-6-3-7-28)20(22)10-13-4-2-5-17(21(13)26)14-8-15(24)11-16(25)9-14/h2,4-5,8-9,11,18-20,22,27H,3,6-7,10,12H2,1H3/t18-,19+,20+,22+/m1/s1. The van der Waals surface area contributed by atoms with Crippen LogP contribution in [0.1, 0.15) is 18.4 Å². The lowest BCUT2D eigenvalue weighted by molar-refractivity contribution is 0.111. The summed E-state index contributed by atoms with van der Waals surface area (Å²) in [4.78, 5) is 16.5. The van der Waals surface area contributed by atoms with Crippen LogP contribution >= 0.6 is 0 Å². The number of carbonyl (C=O) groups excluding carboxylic acids is 1. The molecule has 2 aromatic carbocycles. The summed E-state index contributed by atoms with van der Waals surface area (Å²) in [6, 6.07) is 6.11. The lowest BCUT2D eigenvalue weighted by Gasteiger charge is -2.39. The number of hydrogen-bond donors (Lipinski definition) is 1. The van der Waals surface area contributed by atoms with Gasteiger partial charge >= 0.3 is 6.03 Å². The maximum Gasteiger partial charge on any atom is 0.320 e. The topological polar surface area (TPSA) is 69.7 Å². The van der Waals surface area contributed by atoms with Gasteiger partial charge in [0.25, 0.3) is 0 Å². The third kappa shape index (κ3) is 4.21. The van der Waals surface area contributed by atoms with Crippen LogP contribution in [0.4, 0.5) is 18.0 Å². The highest BCUT2D eigenvalue weighted by molar-refractivity contribution is 7.88. The predicted molar refractivity (Wildman–Crippen MR) is 116 cm³/mol. The molecule has 1 aliphatic carbocycles. The third-order valence-electron chi connectivity index (χ3n) is 6.77. The Kier molecular flexibility index (Phi) is 5.40. The summed E-state index contributed by atoms with van der Waals surface area (Å²) in [5, 5.41) is 0. The van der Waals surface area contributed by atoms with Crippen LogP contribution in [0.25, 0.3) is 11.1 Å². The van der Waals surface area contributed by atoms with Crippen LogP contribution in [-0.4, -0.2) is 61.7 Å². The number of nitrogens with one attached hydrogen (secondary N) is 1. The predicted octanol–water partition coefficient (Wildman–Crippen LogP) is 3.13. The fraction of sp³-hybridized carbons (Fsp3) is 0.435. The number of fused-ring (bicyclic) bond motifs is 1. The van der Waals surface area contributed by atoms with Crippen molar-refractivity contribution in [3.63, 3.8) is 0 Å². The number of sulfonamides is 1. The molecule has 3 fully saturated rings. The average molecular weight is 480 g/mol. The number of hydrogen-bond acceptors (Lipinski definition) is 3. The van der Waals surface area contributed by atoms with Crippen LogP contribution in [0.3, 0.4) is 0 Å². The van der Waals surface area contributed by atoms with Crippen molar-refractivity contribution in [1.29, 1.82) is 0 Å². The molecule has 2 aromatic rings. The Balaban J connectivity index is 1.49. The van der Waals surface area contributed by atoms with Gasteiger partial charge in [-0.1, -0.05) is 18.2 Å². The molecule has 10 heteroatoms. The van der Waals surface area contributed by atoms with E-state index >= 15 is 4.39 Å². The summed E-state index contributed by atoms with van der Waals surface area (Å²) in [5.41, 5.74) is 0.368. The Bertz CT molecular complexity index is 1200. The van der Waals surface area contributed by atoms with E-state index in [1.165, 1.54) is 6.07 Å². The zero-order valence-electron chi connectivity index (χ0n) is 18.0. The van der Waals surface area contributed by atoms with Gasteiger partial charge in [-0.2, -0.15) is 0 Å². The van der Waals surface area contributed by atoms with Crippen molar-refractivity contribution < 1.29 is 26.4 Å². The van der Waals surface area contributed by atoms with E-state index in [0.29, 0.717) is 19.5 Å². The first kappa shape index (κ1) is 22.2. The van der Waals surface area contributed by atoms with E-state index in [1.54, 1.807) is 21.9 Å². The number of benzene rings is 2. The van der Waals surface area contributed by atoms with Gasteiger partial charge in [0.2, 0.25) is 10.0 Å². The Morgan fingerprint density at radius 2 is 1.82 bits per heavy atom. The molecule has 2 amide bonds. The number of amides is 2. The fourth-order valence-corrected chi connectivity index (χ4v) is 5.92. The van der Waals surface area contributed by atoms with Gasteiger partial charge in [0.1, 0.15) is 17.5 Å². The van der Waals surface area contributed by atoms with Crippen molar-refractivity contribution in [3.05, 3.63) is 59.4 Å². The van der Waals surface area contributed by atoms with Gasteiger partial charge in [-0.3, -0.25) is 0 Å². The van der Waals surface area contributed by atoms with E-state index in [-0.39, 0.29) is 41.1 Å².